The smallest absolute Gasteiger partial charge is 0.339 e. The van der Waals surface area contributed by atoms with Gasteiger partial charge in [-0.25, -0.2) is 13.2 Å². The van der Waals surface area contributed by atoms with Crippen LogP contribution in [0.5, 0.6) is 5.75 Å². The first kappa shape index (κ1) is 29.3. The molecule has 0 heterocycles. The Balaban J connectivity index is 1.45. The molecule has 3 N–H and O–H groups in total. The maximum atomic E-state index is 13.8. The maximum absolute atomic E-state index is 13.8. The van der Waals surface area contributed by atoms with Crippen molar-refractivity contribution in [1.29, 1.82) is 0 Å². The predicted molar refractivity (Wildman–Crippen MR) is 162 cm³/mol. The van der Waals surface area contributed by atoms with Crippen molar-refractivity contribution in [2.24, 2.45) is 0 Å². The Morgan fingerprint density at radius 1 is 0.905 bits per heavy atom. The van der Waals surface area contributed by atoms with E-state index in [1.807, 2.05) is 36.4 Å². The number of carboxylic acids is 1. The van der Waals surface area contributed by atoms with Crippen LogP contribution in [0.2, 0.25) is 0 Å². The van der Waals surface area contributed by atoms with Gasteiger partial charge in [-0.2, -0.15) is 4.31 Å². The highest BCUT2D eigenvalue weighted by Crippen LogP contribution is 2.33. The van der Waals surface area contributed by atoms with Gasteiger partial charge in [0.2, 0.25) is 15.9 Å². The molecule has 9 heteroatoms. The van der Waals surface area contributed by atoms with Crippen LogP contribution in [0.15, 0.2) is 89.8 Å². The number of nitrogens with zero attached hydrogens (tertiary/aromatic N) is 1. The van der Waals surface area contributed by atoms with Gasteiger partial charge in [0.25, 0.3) is 0 Å². The molecule has 4 aromatic rings. The number of amides is 1. The first-order chi connectivity index (χ1) is 20.1. The van der Waals surface area contributed by atoms with E-state index in [9.17, 15) is 28.2 Å². The Labute approximate surface area is 245 Å². The number of benzene rings is 4. The van der Waals surface area contributed by atoms with Crippen molar-refractivity contribution < 1.29 is 28.2 Å². The minimum Gasteiger partial charge on any atom is -0.507 e. The van der Waals surface area contributed by atoms with Gasteiger partial charge in [0.05, 0.1) is 4.90 Å². The fraction of sp³-hybridized carbons (Fsp3) is 0.273. The molecular formula is C33H34N2O6S. The number of aromatic hydroxyl groups is 1. The third-order valence-corrected chi connectivity index (χ3v) is 9.98. The average molecular weight is 587 g/mol. The summed E-state index contributed by atoms with van der Waals surface area (Å²) in [4.78, 5) is 25.0. The van der Waals surface area contributed by atoms with Crippen LogP contribution in [0, 0.1) is 0 Å². The SMILES string of the molecule is CN(C(Cc1ccc(C2CCCCC2)cc1)C(=O)Nc1ccc(C(=O)O)c(O)c1)S(=O)(=O)c1ccc2ccccc2c1. The second-order valence-corrected chi connectivity index (χ2v) is 12.9. The van der Waals surface area contributed by atoms with Crippen molar-refractivity contribution in [3.8, 4) is 5.75 Å². The van der Waals surface area contributed by atoms with E-state index in [4.69, 9.17) is 0 Å². The Morgan fingerprint density at radius 2 is 1.60 bits per heavy atom. The molecule has 0 saturated heterocycles. The molecule has 0 aromatic heterocycles. The van der Waals surface area contributed by atoms with Gasteiger partial charge in [-0.15, -0.1) is 0 Å². The third-order valence-electron chi connectivity index (χ3n) is 8.12. The second-order valence-electron chi connectivity index (χ2n) is 10.9. The highest BCUT2D eigenvalue weighted by molar-refractivity contribution is 7.89. The van der Waals surface area contributed by atoms with Crippen LogP contribution in [0.3, 0.4) is 0 Å². The topological polar surface area (TPSA) is 124 Å². The normalized spacial score (nSPS) is 15.0. The van der Waals surface area contributed by atoms with Gasteiger partial charge >= 0.3 is 5.97 Å². The Bertz CT molecular complexity index is 1710. The lowest BCUT2D eigenvalue weighted by Gasteiger charge is -2.27. The number of hydrogen-bond donors (Lipinski definition) is 3. The van der Waals surface area contributed by atoms with Gasteiger partial charge < -0.3 is 15.5 Å². The van der Waals surface area contributed by atoms with Crippen LogP contribution >= 0.6 is 0 Å². The number of aromatic carboxylic acids is 1. The van der Waals surface area contributed by atoms with Crippen LogP contribution in [0.1, 0.15) is 59.5 Å². The molecule has 0 spiro atoms. The van der Waals surface area contributed by atoms with E-state index in [2.05, 4.69) is 17.4 Å². The summed E-state index contributed by atoms with van der Waals surface area (Å²) in [7, 11) is -2.71. The summed E-state index contributed by atoms with van der Waals surface area (Å²) in [6, 6.07) is 22.9. The van der Waals surface area contributed by atoms with Crippen LogP contribution in [0.25, 0.3) is 10.8 Å². The number of carbonyl (C=O) groups is 2. The summed E-state index contributed by atoms with van der Waals surface area (Å²) in [6.45, 7) is 0. The molecule has 1 unspecified atom stereocenters. The second kappa shape index (κ2) is 12.3. The monoisotopic (exact) mass is 586 g/mol. The van der Waals surface area contributed by atoms with Crippen LogP contribution in [0.4, 0.5) is 5.69 Å². The van der Waals surface area contributed by atoms with Crippen molar-refractivity contribution in [3.63, 3.8) is 0 Å². The molecule has 5 rings (SSSR count). The maximum Gasteiger partial charge on any atom is 0.339 e. The standard InChI is InChI=1S/C33H34N2O6S/c1-35(42(40,41)28-17-15-24-9-5-6-10-26(24)20-28)30(32(37)34-27-16-18-29(33(38)39)31(36)21-27)19-22-11-13-25(14-12-22)23-7-3-2-4-8-23/h5-6,9-18,20-21,23,30,36H,2-4,7-8,19H2,1H3,(H,34,37)(H,38,39). The highest BCUT2D eigenvalue weighted by atomic mass is 32.2. The minimum absolute atomic E-state index is 0.0672. The molecule has 218 valence electrons. The number of phenols is 1. The largest absolute Gasteiger partial charge is 0.507 e. The van der Waals surface area contributed by atoms with Crippen molar-refractivity contribution in [2.45, 2.75) is 55.4 Å². The summed E-state index contributed by atoms with van der Waals surface area (Å²) in [6.07, 6.45) is 6.12. The Hall–Kier alpha value is -4.21. The molecule has 1 aliphatic carbocycles. The zero-order valence-electron chi connectivity index (χ0n) is 23.4. The van der Waals surface area contributed by atoms with E-state index in [1.165, 1.54) is 50.1 Å². The Morgan fingerprint density at radius 3 is 2.26 bits per heavy atom. The van der Waals surface area contributed by atoms with E-state index >= 15 is 0 Å². The lowest BCUT2D eigenvalue weighted by atomic mass is 9.84. The molecular weight excluding hydrogens is 552 g/mol. The van der Waals surface area contributed by atoms with Crippen LogP contribution in [-0.2, 0) is 21.2 Å². The van der Waals surface area contributed by atoms with E-state index in [0.29, 0.717) is 5.92 Å². The lowest BCUT2D eigenvalue weighted by molar-refractivity contribution is -0.119. The van der Waals surface area contributed by atoms with Crippen molar-refractivity contribution in [1.82, 2.24) is 4.31 Å². The van der Waals surface area contributed by atoms with Crippen molar-refractivity contribution in [2.75, 3.05) is 12.4 Å². The van der Waals surface area contributed by atoms with Gasteiger partial charge in [-0.3, -0.25) is 4.79 Å². The highest BCUT2D eigenvalue weighted by Gasteiger charge is 2.33. The van der Waals surface area contributed by atoms with Gasteiger partial charge in [-0.1, -0.05) is 73.9 Å². The fourth-order valence-electron chi connectivity index (χ4n) is 5.65. The molecule has 42 heavy (non-hydrogen) atoms. The molecule has 0 aliphatic heterocycles. The molecule has 1 amide bonds. The first-order valence-electron chi connectivity index (χ1n) is 14.1. The number of carbonyl (C=O) groups excluding carboxylic acids is 1. The number of likely N-dealkylation sites (N-methyl/N-ethyl adjacent to an activating group) is 1. The summed E-state index contributed by atoms with van der Waals surface area (Å²) in [5, 5.41) is 23.7. The number of carboxylic acid groups (broad SMARTS) is 1. The van der Waals surface area contributed by atoms with E-state index in [1.54, 1.807) is 12.1 Å². The summed E-state index contributed by atoms with van der Waals surface area (Å²) >= 11 is 0. The number of fused-ring (bicyclic) bond motifs is 1. The lowest BCUT2D eigenvalue weighted by Crippen LogP contribution is -2.46. The minimum atomic E-state index is -4.09. The van der Waals surface area contributed by atoms with Gasteiger partial charge in [0, 0.05) is 18.8 Å². The van der Waals surface area contributed by atoms with E-state index < -0.39 is 33.7 Å². The number of rotatable bonds is 9. The van der Waals surface area contributed by atoms with E-state index in [0.717, 1.165) is 39.5 Å². The summed E-state index contributed by atoms with van der Waals surface area (Å²) in [5.74, 6) is -1.90. The molecule has 0 radical (unpaired) electrons. The molecule has 4 aromatic carbocycles. The van der Waals surface area contributed by atoms with Gasteiger partial charge in [0.15, 0.2) is 0 Å². The van der Waals surface area contributed by atoms with Crippen LogP contribution < -0.4 is 5.32 Å². The fourth-order valence-corrected chi connectivity index (χ4v) is 7.00. The predicted octanol–water partition coefficient (Wildman–Crippen LogP) is 6.16. The molecule has 1 saturated carbocycles. The molecule has 1 aliphatic rings. The number of hydrogen-bond acceptors (Lipinski definition) is 5. The van der Waals surface area contributed by atoms with E-state index in [-0.39, 0.29) is 22.6 Å². The zero-order valence-corrected chi connectivity index (χ0v) is 24.2. The van der Waals surface area contributed by atoms with Crippen molar-refractivity contribution in [3.05, 3.63) is 102 Å². The molecule has 1 fully saturated rings. The summed E-state index contributed by atoms with van der Waals surface area (Å²) < 4.78 is 28.8. The summed E-state index contributed by atoms with van der Waals surface area (Å²) in [5.41, 5.74) is 1.90. The van der Waals surface area contributed by atoms with Gasteiger partial charge in [0.1, 0.15) is 17.4 Å². The zero-order chi connectivity index (χ0) is 29.9. The number of nitrogens with one attached hydrogen (secondary N) is 1. The first-order valence-corrected chi connectivity index (χ1v) is 15.5. The van der Waals surface area contributed by atoms with Gasteiger partial charge in [-0.05, 0) is 71.3 Å². The quantitative estimate of drug-likeness (QED) is 0.216. The molecule has 1 atom stereocenters. The molecule has 8 nitrogen and oxygen atoms in total. The third kappa shape index (κ3) is 6.32. The molecule has 0 bridgehead atoms. The number of anilines is 1. The van der Waals surface area contributed by atoms with Crippen LogP contribution in [-0.4, -0.2) is 47.9 Å². The van der Waals surface area contributed by atoms with Crippen molar-refractivity contribution >= 4 is 38.4 Å². The Kier molecular flexibility index (Phi) is 8.61. The number of sulfonamides is 1. The average Bonchev–Trinajstić information content (AvgIpc) is 2.99.